The highest BCUT2D eigenvalue weighted by atomic mass is 32.2. The molecule has 3 aliphatic heterocycles. The van der Waals surface area contributed by atoms with Gasteiger partial charge in [0, 0.05) is 24.1 Å². The van der Waals surface area contributed by atoms with E-state index in [0.29, 0.717) is 35.7 Å². The number of nitrogens with one attached hydrogen (secondary N) is 1. The van der Waals surface area contributed by atoms with Crippen LogP contribution in [-0.4, -0.2) is 63.1 Å². The molecule has 3 aliphatic rings. The summed E-state index contributed by atoms with van der Waals surface area (Å²) in [4.78, 5) is 59.5. The third kappa shape index (κ3) is 5.74. The third-order valence-electron chi connectivity index (χ3n) is 6.48. The van der Waals surface area contributed by atoms with E-state index in [1.165, 1.54) is 16.7 Å². The zero-order chi connectivity index (χ0) is 28.4. The molecule has 0 radical (unpaired) electrons. The first kappa shape index (κ1) is 27.4. The maximum absolute atomic E-state index is 13.4. The Bertz CT molecular complexity index is 1390. The number of esters is 1. The molecule has 0 aliphatic carbocycles. The zero-order valence-corrected chi connectivity index (χ0v) is 23.3. The lowest BCUT2D eigenvalue weighted by Gasteiger charge is -2.49. The summed E-state index contributed by atoms with van der Waals surface area (Å²) in [6, 6.07) is 13.7. The Labute approximate surface area is 236 Å². The maximum atomic E-state index is 13.4. The summed E-state index contributed by atoms with van der Waals surface area (Å²) in [6.45, 7) is 5.69. The molecule has 0 bridgehead atoms. The molecule has 1 aromatic heterocycles. The molecule has 11 heteroatoms. The summed E-state index contributed by atoms with van der Waals surface area (Å²) in [5.41, 5.74) is 1.20. The number of carbonyl (C=O) groups is 4. The number of amides is 3. The standard InChI is InChI=1S/C29H30N4O6S/c1-29(2,3)39-28(37)31-22-25(35)33-23(27(36)38-16-18-9-5-4-6-10-18)20(17-40-26(22)33)15-19-12-14-32(24(19)34)21-11-7-8-13-30-21/h4-11,13,15,22,26H,12,14,16-17H2,1-3H3,(H,31,37)/b19-15+/t22-,26-/m1/s1. The number of hydrogen-bond acceptors (Lipinski definition) is 8. The number of pyridine rings is 1. The number of aromatic nitrogens is 1. The van der Waals surface area contributed by atoms with Gasteiger partial charge in [-0.15, -0.1) is 11.8 Å². The van der Waals surface area contributed by atoms with Gasteiger partial charge in [-0.25, -0.2) is 14.6 Å². The molecule has 1 aromatic carbocycles. The fourth-order valence-electron chi connectivity index (χ4n) is 4.66. The van der Waals surface area contributed by atoms with E-state index in [4.69, 9.17) is 9.47 Å². The van der Waals surface area contributed by atoms with Crippen molar-refractivity contribution < 1.29 is 28.7 Å². The van der Waals surface area contributed by atoms with Crippen molar-refractivity contribution >= 4 is 41.5 Å². The molecule has 3 amide bonds. The molecule has 1 N–H and O–H groups in total. The number of carbonyl (C=O) groups excluding carboxylic acids is 4. The van der Waals surface area contributed by atoms with Crippen molar-refractivity contribution in [3.63, 3.8) is 0 Å². The fraction of sp³-hybridized carbons (Fsp3) is 0.345. The van der Waals surface area contributed by atoms with Gasteiger partial charge < -0.3 is 14.8 Å². The Balaban J connectivity index is 1.41. The van der Waals surface area contributed by atoms with Crippen molar-refractivity contribution in [3.8, 4) is 0 Å². The van der Waals surface area contributed by atoms with E-state index in [-0.39, 0.29) is 18.2 Å². The van der Waals surface area contributed by atoms with Crippen LogP contribution in [0.5, 0.6) is 0 Å². The van der Waals surface area contributed by atoms with Crippen molar-refractivity contribution in [2.24, 2.45) is 0 Å². The lowest BCUT2D eigenvalue weighted by molar-refractivity contribution is -0.152. The lowest BCUT2D eigenvalue weighted by atomic mass is 10.0. The second-order valence-corrected chi connectivity index (χ2v) is 11.6. The molecule has 2 atom stereocenters. The van der Waals surface area contributed by atoms with Crippen LogP contribution in [-0.2, 0) is 30.5 Å². The molecular formula is C29H30N4O6S. The van der Waals surface area contributed by atoms with Crippen LogP contribution in [0.2, 0.25) is 0 Å². The Hall–Kier alpha value is -4.12. The highest BCUT2D eigenvalue weighted by Gasteiger charge is 2.54. The van der Waals surface area contributed by atoms with Crippen molar-refractivity contribution in [2.75, 3.05) is 17.2 Å². The minimum atomic E-state index is -0.848. The van der Waals surface area contributed by atoms with Gasteiger partial charge in [0.25, 0.3) is 11.8 Å². The first-order chi connectivity index (χ1) is 19.1. The predicted molar refractivity (Wildman–Crippen MR) is 149 cm³/mol. The maximum Gasteiger partial charge on any atom is 0.408 e. The summed E-state index contributed by atoms with van der Waals surface area (Å²) in [5.74, 6) is -0.415. The summed E-state index contributed by atoms with van der Waals surface area (Å²) in [7, 11) is 0. The largest absolute Gasteiger partial charge is 0.456 e. The summed E-state index contributed by atoms with van der Waals surface area (Å²) >= 11 is 1.40. The predicted octanol–water partition coefficient (Wildman–Crippen LogP) is 3.55. The van der Waals surface area contributed by atoms with E-state index in [0.717, 1.165) is 5.56 Å². The number of benzene rings is 1. The van der Waals surface area contributed by atoms with Crippen molar-refractivity contribution in [2.45, 2.75) is 50.8 Å². The average molecular weight is 563 g/mol. The number of hydrogen-bond donors (Lipinski definition) is 1. The second kappa shape index (κ2) is 11.2. The number of fused-ring (bicyclic) bond motifs is 1. The van der Waals surface area contributed by atoms with E-state index >= 15 is 0 Å². The van der Waals surface area contributed by atoms with E-state index in [1.54, 1.807) is 50.1 Å². The van der Waals surface area contributed by atoms with Gasteiger partial charge in [-0.3, -0.25) is 19.4 Å². The van der Waals surface area contributed by atoms with Crippen LogP contribution in [0.4, 0.5) is 10.6 Å². The number of anilines is 1. The molecule has 40 heavy (non-hydrogen) atoms. The molecule has 5 rings (SSSR count). The topological polar surface area (TPSA) is 118 Å². The van der Waals surface area contributed by atoms with Crippen LogP contribution in [0.15, 0.2) is 77.6 Å². The first-order valence-corrected chi connectivity index (χ1v) is 14.0. The minimum Gasteiger partial charge on any atom is -0.456 e. The molecular weight excluding hydrogens is 532 g/mol. The summed E-state index contributed by atoms with van der Waals surface area (Å²) < 4.78 is 10.9. The lowest BCUT2D eigenvalue weighted by Crippen LogP contribution is -2.70. The number of allylic oxidation sites excluding steroid dienone is 1. The van der Waals surface area contributed by atoms with Crippen molar-refractivity contribution in [1.29, 1.82) is 0 Å². The van der Waals surface area contributed by atoms with Crippen molar-refractivity contribution in [1.82, 2.24) is 15.2 Å². The van der Waals surface area contributed by atoms with Gasteiger partial charge in [0.15, 0.2) is 0 Å². The highest BCUT2D eigenvalue weighted by molar-refractivity contribution is 8.00. The van der Waals surface area contributed by atoms with Crippen LogP contribution in [0.3, 0.4) is 0 Å². The number of thioether (sulfide) groups is 1. The molecule has 208 valence electrons. The zero-order valence-electron chi connectivity index (χ0n) is 22.5. The number of nitrogens with zero attached hydrogens (tertiary/aromatic N) is 3. The third-order valence-corrected chi connectivity index (χ3v) is 7.78. The van der Waals surface area contributed by atoms with Gasteiger partial charge in [0.05, 0.1) is 0 Å². The van der Waals surface area contributed by atoms with Gasteiger partial charge >= 0.3 is 12.1 Å². The molecule has 0 unspecified atom stereocenters. The number of β-lactam (4-membered cyclic amide) rings is 1. The highest BCUT2D eigenvalue weighted by Crippen LogP contribution is 2.42. The van der Waals surface area contributed by atoms with Gasteiger partial charge in [-0.1, -0.05) is 36.4 Å². The van der Waals surface area contributed by atoms with Gasteiger partial charge in [0.2, 0.25) is 0 Å². The van der Waals surface area contributed by atoms with Crippen LogP contribution < -0.4 is 10.2 Å². The minimum absolute atomic E-state index is 0.0266. The van der Waals surface area contributed by atoms with Crippen LogP contribution >= 0.6 is 11.8 Å². The molecule has 0 spiro atoms. The Morgan fingerprint density at radius 1 is 1.12 bits per heavy atom. The molecule has 10 nitrogen and oxygen atoms in total. The Kier molecular flexibility index (Phi) is 7.66. The quantitative estimate of drug-likeness (QED) is 0.323. The average Bonchev–Trinajstić information content (AvgIpc) is 3.29. The van der Waals surface area contributed by atoms with Gasteiger partial charge in [-0.05, 0) is 56.5 Å². The summed E-state index contributed by atoms with van der Waals surface area (Å²) in [6.07, 6.45) is 3.08. The Morgan fingerprint density at radius 2 is 1.88 bits per heavy atom. The molecule has 4 heterocycles. The van der Waals surface area contributed by atoms with E-state index in [2.05, 4.69) is 10.3 Å². The van der Waals surface area contributed by atoms with Gasteiger partial charge in [0.1, 0.15) is 35.1 Å². The van der Waals surface area contributed by atoms with E-state index in [9.17, 15) is 19.2 Å². The number of alkyl carbamates (subject to hydrolysis) is 1. The van der Waals surface area contributed by atoms with E-state index < -0.39 is 35.0 Å². The first-order valence-electron chi connectivity index (χ1n) is 12.9. The Morgan fingerprint density at radius 3 is 2.58 bits per heavy atom. The smallest absolute Gasteiger partial charge is 0.408 e. The van der Waals surface area contributed by atoms with E-state index in [1.807, 2.05) is 36.4 Å². The fourth-order valence-corrected chi connectivity index (χ4v) is 5.97. The summed E-state index contributed by atoms with van der Waals surface area (Å²) in [5, 5.41) is 2.12. The molecule has 2 fully saturated rings. The van der Waals surface area contributed by atoms with Crippen LogP contribution in [0, 0.1) is 0 Å². The number of rotatable bonds is 6. The molecule has 2 saturated heterocycles. The van der Waals surface area contributed by atoms with Crippen molar-refractivity contribution in [3.05, 3.63) is 83.2 Å². The monoisotopic (exact) mass is 562 g/mol. The second-order valence-electron chi connectivity index (χ2n) is 10.5. The SMILES string of the molecule is CC(C)(C)OC(=O)N[C@@H]1C(=O)N2C(C(=O)OCc3ccccc3)=C(/C=C3\CCN(c4ccccn4)C3=O)CS[C@H]12. The molecule has 0 saturated carbocycles. The normalized spacial score (nSPS) is 21.7. The number of ether oxygens (including phenoxy) is 2. The molecule has 2 aromatic rings. The van der Waals surface area contributed by atoms with Gasteiger partial charge in [-0.2, -0.15) is 0 Å². The van der Waals surface area contributed by atoms with Crippen LogP contribution in [0.25, 0.3) is 0 Å². The van der Waals surface area contributed by atoms with Crippen LogP contribution in [0.1, 0.15) is 32.8 Å².